The molecule has 0 fully saturated rings. The van der Waals surface area contributed by atoms with E-state index < -0.39 is 0 Å². The summed E-state index contributed by atoms with van der Waals surface area (Å²) >= 11 is 0. The molecule has 0 aliphatic rings. The fourth-order valence-electron chi connectivity index (χ4n) is 2.62. The predicted octanol–water partition coefficient (Wildman–Crippen LogP) is 5.52. The van der Waals surface area contributed by atoms with Gasteiger partial charge in [-0.25, -0.2) is 0 Å². The van der Waals surface area contributed by atoms with E-state index in [1.807, 2.05) is 0 Å². The van der Waals surface area contributed by atoms with Crippen molar-refractivity contribution in [3.63, 3.8) is 0 Å². The molecule has 15 heavy (non-hydrogen) atoms. The number of hydrogen-bond acceptors (Lipinski definition) is 0. The Bertz CT molecular complexity index is 137. The second kappa shape index (κ2) is 8.19. The SMILES string of the molecule is CCCC(CC)CC(CC)C(C)C(C)C. The molecule has 92 valence electrons. The van der Waals surface area contributed by atoms with E-state index in [2.05, 4.69) is 41.5 Å². The molecule has 0 bridgehead atoms. The number of hydrogen-bond donors (Lipinski definition) is 0. The average molecular weight is 212 g/mol. The summed E-state index contributed by atoms with van der Waals surface area (Å²) in [6.45, 7) is 14.2. The molecule has 0 amide bonds. The maximum atomic E-state index is 2.44. The van der Waals surface area contributed by atoms with E-state index in [9.17, 15) is 0 Å². The molecule has 0 heterocycles. The highest BCUT2D eigenvalue weighted by molar-refractivity contribution is 4.71. The highest BCUT2D eigenvalue weighted by atomic mass is 14.3. The molecule has 3 atom stereocenters. The van der Waals surface area contributed by atoms with Crippen molar-refractivity contribution < 1.29 is 0 Å². The molecule has 0 aliphatic carbocycles. The lowest BCUT2D eigenvalue weighted by Crippen LogP contribution is -2.19. The van der Waals surface area contributed by atoms with E-state index in [1.165, 1.54) is 32.1 Å². The Morgan fingerprint density at radius 1 is 0.867 bits per heavy atom. The molecule has 0 radical (unpaired) electrons. The summed E-state index contributed by atoms with van der Waals surface area (Å²) in [6.07, 6.45) is 6.97. The van der Waals surface area contributed by atoms with Crippen LogP contribution in [0, 0.1) is 23.7 Å². The van der Waals surface area contributed by atoms with E-state index in [1.54, 1.807) is 0 Å². The lowest BCUT2D eigenvalue weighted by molar-refractivity contribution is 0.214. The third kappa shape index (κ3) is 5.58. The lowest BCUT2D eigenvalue weighted by atomic mass is 9.77. The zero-order chi connectivity index (χ0) is 11.8. The van der Waals surface area contributed by atoms with Gasteiger partial charge in [0.2, 0.25) is 0 Å². The molecule has 3 unspecified atom stereocenters. The van der Waals surface area contributed by atoms with Crippen LogP contribution in [-0.4, -0.2) is 0 Å². The highest BCUT2D eigenvalue weighted by Gasteiger charge is 2.21. The Morgan fingerprint density at radius 3 is 1.80 bits per heavy atom. The summed E-state index contributed by atoms with van der Waals surface area (Å²) in [7, 11) is 0. The van der Waals surface area contributed by atoms with Gasteiger partial charge >= 0.3 is 0 Å². The van der Waals surface area contributed by atoms with Gasteiger partial charge in [-0.05, 0) is 30.1 Å². The third-order valence-corrected chi connectivity index (χ3v) is 4.23. The topological polar surface area (TPSA) is 0 Å². The van der Waals surface area contributed by atoms with E-state index in [0.717, 1.165) is 23.7 Å². The van der Waals surface area contributed by atoms with Gasteiger partial charge in [0.1, 0.15) is 0 Å². The van der Waals surface area contributed by atoms with E-state index in [-0.39, 0.29) is 0 Å². The molecule has 0 aromatic heterocycles. The minimum atomic E-state index is 0.842. The summed E-state index contributed by atoms with van der Waals surface area (Å²) in [6, 6.07) is 0. The van der Waals surface area contributed by atoms with Crippen LogP contribution >= 0.6 is 0 Å². The molecule has 0 spiro atoms. The smallest absolute Gasteiger partial charge is 0.0386 e. The van der Waals surface area contributed by atoms with Crippen LogP contribution in [0.4, 0.5) is 0 Å². The van der Waals surface area contributed by atoms with Crippen LogP contribution in [0.15, 0.2) is 0 Å². The molecule has 0 aromatic rings. The van der Waals surface area contributed by atoms with Crippen molar-refractivity contribution in [2.24, 2.45) is 23.7 Å². The molecular formula is C15H32. The first-order valence-corrected chi connectivity index (χ1v) is 7.06. The van der Waals surface area contributed by atoms with Gasteiger partial charge in [0.05, 0.1) is 0 Å². The van der Waals surface area contributed by atoms with Crippen LogP contribution < -0.4 is 0 Å². The zero-order valence-electron chi connectivity index (χ0n) is 11.8. The van der Waals surface area contributed by atoms with Crippen molar-refractivity contribution in [1.29, 1.82) is 0 Å². The van der Waals surface area contributed by atoms with Gasteiger partial charge in [0.15, 0.2) is 0 Å². The van der Waals surface area contributed by atoms with Crippen molar-refractivity contribution in [3.05, 3.63) is 0 Å². The van der Waals surface area contributed by atoms with E-state index in [0.29, 0.717) is 0 Å². The van der Waals surface area contributed by atoms with Crippen molar-refractivity contribution in [3.8, 4) is 0 Å². The van der Waals surface area contributed by atoms with Gasteiger partial charge in [0.25, 0.3) is 0 Å². The van der Waals surface area contributed by atoms with Gasteiger partial charge < -0.3 is 0 Å². The minimum absolute atomic E-state index is 0.842. The van der Waals surface area contributed by atoms with Crippen LogP contribution in [0.5, 0.6) is 0 Å². The van der Waals surface area contributed by atoms with Gasteiger partial charge in [-0.2, -0.15) is 0 Å². The molecule has 0 nitrogen and oxygen atoms in total. The monoisotopic (exact) mass is 212 g/mol. The van der Waals surface area contributed by atoms with Crippen LogP contribution in [0.25, 0.3) is 0 Å². The molecule has 0 rings (SSSR count). The summed E-state index contributed by atoms with van der Waals surface area (Å²) in [5.74, 6) is 3.65. The first kappa shape index (κ1) is 15.0. The van der Waals surface area contributed by atoms with Crippen molar-refractivity contribution in [1.82, 2.24) is 0 Å². The van der Waals surface area contributed by atoms with E-state index >= 15 is 0 Å². The van der Waals surface area contributed by atoms with E-state index in [4.69, 9.17) is 0 Å². The normalized spacial score (nSPS) is 17.8. The molecule has 0 saturated carbocycles. The fourth-order valence-corrected chi connectivity index (χ4v) is 2.62. The minimum Gasteiger partial charge on any atom is -0.0654 e. The molecular weight excluding hydrogens is 180 g/mol. The van der Waals surface area contributed by atoms with Gasteiger partial charge in [-0.1, -0.05) is 67.2 Å². The maximum absolute atomic E-state index is 2.44. The summed E-state index contributed by atoms with van der Waals surface area (Å²) in [4.78, 5) is 0. The second-order valence-corrected chi connectivity index (χ2v) is 5.57. The van der Waals surface area contributed by atoms with Crippen LogP contribution in [0.1, 0.15) is 73.6 Å². The lowest BCUT2D eigenvalue weighted by Gasteiger charge is -2.29. The van der Waals surface area contributed by atoms with Crippen LogP contribution in [0.2, 0.25) is 0 Å². The Morgan fingerprint density at radius 2 is 1.47 bits per heavy atom. The van der Waals surface area contributed by atoms with Crippen molar-refractivity contribution >= 4 is 0 Å². The van der Waals surface area contributed by atoms with Gasteiger partial charge in [-0.3, -0.25) is 0 Å². The van der Waals surface area contributed by atoms with Gasteiger partial charge in [0, 0.05) is 0 Å². The first-order valence-electron chi connectivity index (χ1n) is 7.06. The third-order valence-electron chi connectivity index (χ3n) is 4.23. The van der Waals surface area contributed by atoms with Crippen molar-refractivity contribution in [2.75, 3.05) is 0 Å². The molecule has 0 aliphatic heterocycles. The fraction of sp³-hybridized carbons (Fsp3) is 1.00. The average Bonchev–Trinajstić information content (AvgIpc) is 2.23. The van der Waals surface area contributed by atoms with Crippen molar-refractivity contribution in [2.45, 2.75) is 73.6 Å². The second-order valence-electron chi connectivity index (χ2n) is 5.57. The summed E-state index contributed by atoms with van der Waals surface area (Å²) in [5.41, 5.74) is 0. The molecule has 0 heteroatoms. The quantitative estimate of drug-likeness (QED) is 0.497. The van der Waals surface area contributed by atoms with Crippen LogP contribution in [0.3, 0.4) is 0 Å². The Kier molecular flexibility index (Phi) is 8.19. The Hall–Kier alpha value is 0. The zero-order valence-corrected chi connectivity index (χ0v) is 11.8. The summed E-state index contributed by atoms with van der Waals surface area (Å²) in [5, 5.41) is 0. The largest absolute Gasteiger partial charge is 0.0654 e. The highest BCUT2D eigenvalue weighted by Crippen LogP contribution is 2.31. The van der Waals surface area contributed by atoms with Crippen LogP contribution in [-0.2, 0) is 0 Å². The number of rotatable bonds is 8. The Labute approximate surface area is 97.8 Å². The first-order chi connectivity index (χ1) is 7.06. The van der Waals surface area contributed by atoms with Gasteiger partial charge in [-0.15, -0.1) is 0 Å². The Balaban J connectivity index is 4.16. The molecule has 0 saturated heterocycles. The molecule has 0 N–H and O–H groups in total. The summed E-state index contributed by atoms with van der Waals surface area (Å²) < 4.78 is 0. The maximum Gasteiger partial charge on any atom is -0.0386 e. The predicted molar refractivity (Wildman–Crippen MR) is 71.1 cm³/mol. The molecule has 0 aromatic carbocycles. The standard InChI is InChI=1S/C15H32/c1-7-10-14(8-2)11-15(9-3)13(6)12(4)5/h12-15H,7-11H2,1-6H3.